The standard InChI is InChI=1S/C22H22N2O3S2/c1-15-19(22(26)24-8-10-27-11-9-24)21(23-18(25)13-16-7-12-28-14-16)29-20(15)17-5-3-2-4-6-17/h2-7,12,14H,8-11,13H2,1H3,(H,23,25). The predicted octanol–water partition coefficient (Wildman–Crippen LogP) is 4.44. The molecule has 0 bridgehead atoms. The zero-order valence-electron chi connectivity index (χ0n) is 16.1. The third-order valence-corrected chi connectivity index (χ3v) is 6.88. The van der Waals surface area contributed by atoms with E-state index < -0.39 is 0 Å². The maximum atomic E-state index is 13.3. The minimum Gasteiger partial charge on any atom is -0.378 e. The lowest BCUT2D eigenvalue weighted by molar-refractivity contribution is -0.115. The number of nitrogens with one attached hydrogen (secondary N) is 1. The molecule has 29 heavy (non-hydrogen) atoms. The van der Waals surface area contributed by atoms with E-state index in [0.29, 0.717) is 43.3 Å². The normalized spacial score (nSPS) is 14.0. The van der Waals surface area contributed by atoms with Gasteiger partial charge >= 0.3 is 0 Å². The maximum Gasteiger partial charge on any atom is 0.257 e. The summed E-state index contributed by atoms with van der Waals surface area (Å²) in [7, 11) is 0. The maximum absolute atomic E-state index is 13.3. The monoisotopic (exact) mass is 426 g/mol. The first kappa shape index (κ1) is 19.8. The highest BCUT2D eigenvalue weighted by molar-refractivity contribution is 7.20. The third-order valence-electron chi connectivity index (χ3n) is 4.89. The van der Waals surface area contributed by atoms with Crippen LogP contribution in [0.25, 0.3) is 10.4 Å². The number of amides is 2. The van der Waals surface area contributed by atoms with Gasteiger partial charge in [0.1, 0.15) is 5.00 Å². The van der Waals surface area contributed by atoms with E-state index in [-0.39, 0.29) is 11.8 Å². The first-order chi connectivity index (χ1) is 14.1. The van der Waals surface area contributed by atoms with Crippen LogP contribution in [0.1, 0.15) is 21.5 Å². The Bertz CT molecular complexity index is 991. The van der Waals surface area contributed by atoms with Crippen molar-refractivity contribution in [3.05, 3.63) is 63.8 Å². The average molecular weight is 427 g/mol. The minimum absolute atomic E-state index is 0.0462. The van der Waals surface area contributed by atoms with Gasteiger partial charge in [-0.1, -0.05) is 30.3 Å². The van der Waals surface area contributed by atoms with Crippen LogP contribution in [-0.4, -0.2) is 43.0 Å². The van der Waals surface area contributed by atoms with Gasteiger partial charge in [0.05, 0.1) is 25.2 Å². The van der Waals surface area contributed by atoms with Crippen molar-refractivity contribution in [2.75, 3.05) is 31.6 Å². The molecule has 3 aromatic rings. The molecule has 0 unspecified atom stereocenters. The van der Waals surface area contributed by atoms with Crippen LogP contribution in [0.5, 0.6) is 0 Å². The van der Waals surface area contributed by atoms with Gasteiger partial charge in [0, 0.05) is 18.0 Å². The van der Waals surface area contributed by atoms with E-state index in [1.165, 1.54) is 11.3 Å². The van der Waals surface area contributed by atoms with Crippen LogP contribution < -0.4 is 5.32 Å². The van der Waals surface area contributed by atoms with Crippen molar-refractivity contribution < 1.29 is 14.3 Å². The molecule has 7 heteroatoms. The van der Waals surface area contributed by atoms with Crippen LogP contribution in [0.2, 0.25) is 0 Å². The first-order valence-electron chi connectivity index (χ1n) is 9.50. The Morgan fingerprint density at radius 3 is 2.59 bits per heavy atom. The van der Waals surface area contributed by atoms with Gasteiger partial charge in [-0.25, -0.2) is 0 Å². The number of carbonyl (C=O) groups is 2. The molecule has 3 heterocycles. The van der Waals surface area contributed by atoms with Gasteiger partial charge in [-0.2, -0.15) is 11.3 Å². The Kier molecular flexibility index (Phi) is 6.08. The van der Waals surface area contributed by atoms with Crippen molar-refractivity contribution in [1.82, 2.24) is 4.90 Å². The van der Waals surface area contributed by atoms with Gasteiger partial charge in [0.2, 0.25) is 5.91 Å². The van der Waals surface area contributed by atoms with Crippen LogP contribution in [0.3, 0.4) is 0 Å². The minimum atomic E-state index is -0.111. The van der Waals surface area contributed by atoms with Gasteiger partial charge in [-0.05, 0) is 40.4 Å². The lowest BCUT2D eigenvalue weighted by Gasteiger charge is -2.27. The highest BCUT2D eigenvalue weighted by Gasteiger charge is 2.27. The number of hydrogen-bond donors (Lipinski definition) is 1. The topological polar surface area (TPSA) is 58.6 Å². The van der Waals surface area contributed by atoms with Crippen LogP contribution >= 0.6 is 22.7 Å². The van der Waals surface area contributed by atoms with Crippen molar-refractivity contribution >= 4 is 39.5 Å². The van der Waals surface area contributed by atoms with Gasteiger partial charge in [-0.15, -0.1) is 11.3 Å². The number of carbonyl (C=O) groups excluding carboxylic acids is 2. The van der Waals surface area contributed by atoms with Gasteiger partial charge in [0.15, 0.2) is 0 Å². The lowest BCUT2D eigenvalue weighted by Crippen LogP contribution is -2.41. The number of benzene rings is 1. The first-order valence-corrected chi connectivity index (χ1v) is 11.3. The van der Waals surface area contributed by atoms with E-state index in [4.69, 9.17) is 4.74 Å². The summed E-state index contributed by atoms with van der Waals surface area (Å²) in [4.78, 5) is 28.8. The Labute approximate surface area is 177 Å². The molecule has 0 saturated carbocycles. The van der Waals surface area contributed by atoms with Gasteiger partial charge in [0.25, 0.3) is 5.91 Å². The molecule has 150 valence electrons. The molecule has 1 aliphatic rings. The van der Waals surface area contributed by atoms with Crippen LogP contribution in [0, 0.1) is 6.92 Å². The van der Waals surface area contributed by atoms with E-state index in [2.05, 4.69) is 5.32 Å². The summed E-state index contributed by atoms with van der Waals surface area (Å²) in [6, 6.07) is 11.9. The van der Waals surface area contributed by atoms with E-state index in [1.54, 1.807) is 11.3 Å². The number of rotatable bonds is 5. The molecule has 1 aromatic carbocycles. The largest absolute Gasteiger partial charge is 0.378 e. The van der Waals surface area contributed by atoms with Crippen molar-refractivity contribution in [2.45, 2.75) is 13.3 Å². The van der Waals surface area contributed by atoms with Crippen LogP contribution in [0.4, 0.5) is 5.00 Å². The number of ether oxygens (including phenoxy) is 1. The van der Waals surface area contributed by atoms with Crippen molar-refractivity contribution in [2.24, 2.45) is 0 Å². The second kappa shape index (κ2) is 8.90. The van der Waals surface area contributed by atoms with Crippen molar-refractivity contribution in [3.63, 3.8) is 0 Å². The third kappa shape index (κ3) is 4.42. The lowest BCUT2D eigenvalue weighted by atomic mass is 10.1. The summed E-state index contributed by atoms with van der Waals surface area (Å²) < 4.78 is 5.38. The quantitative estimate of drug-likeness (QED) is 0.656. The predicted molar refractivity (Wildman–Crippen MR) is 118 cm³/mol. The molecule has 1 aliphatic heterocycles. The van der Waals surface area contributed by atoms with E-state index >= 15 is 0 Å². The summed E-state index contributed by atoms with van der Waals surface area (Å²) in [5, 5.41) is 7.55. The van der Waals surface area contributed by atoms with Gasteiger partial charge < -0.3 is 15.0 Å². The second-order valence-electron chi connectivity index (χ2n) is 6.89. The zero-order valence-corrected chi connectivity index (χ0v) is 17.8. The molecule has 0 atom stereocenters. The number of hydrogen-bond acceptors (Lipinski definition) is 5. The summed E-state index contributed by atoms with van der Waals surface area (Å²) in [5.41, 5.74) is 3.52. The molecule has 2 aromatic heterocycles. The molecule has 0 spiro atoms. The molecule has 1 N–H and O–H groups in total. The Hall–Kier alpha value is -2.48. The Morgan fingerprint density at radius 2 is 1.90 bits per heavy atom. The smallest absolute Gasteiger partial charge is 0.257 e. The molecular weight excluding hydrogens is 404 g/mol. The van der Waals surface area contributed by atoms with Crippen molar-refractivity contribution in [3.8, 4) is 10.4 Å². The fourth-order valence-electron chi connectivity index (χ4n) is 3.40. The molecule has 2 amide bonds. The van der Waals surface area contributed by atoms with E-state index in [9.17, 15) is 9.59 Å². The van der Waals surface area contributed by atoms with E-state index in [1.807, 2.05) is 59.0 Å². The van der Waals surface area contributed by atoms with Crippen molar-refractivity contribution in [1.29, 1.82) is 0 Å². The summed E-state index contributed by atoms with van der Waals surface area (Å²) in [6.45, 7) is 4.18. The van der Waals surface area contributed by atoms with Crippen LogP contribution in [0.15, 0.2) is 47.2 Å². The average Bonchev–Trinajstić information content (AvgIpc) is 3.36. The molecule has 5 nitrogen and oxygen atoms in total. The number of nitrogens with zero attached hydrogens (tertiary/aromatic N) is 1. The fraction of sp³-hybridized carbons (Fsp3) is 0.273. The molecule has 1 saturated heterocycles. The van der Waals surface area contributed by atoms with E-state index in [0.717, 1.165) is 21.6 Å². The highest BCUT2D eigenvalue weighted by Crippen LogP contribution is 2.40. The highest BCUT2D eigenvalue weighted by atomic mass is 32.1. The SMILES string of the molecule is Cc1c(-c2ccccc2)sc(NC(=O)Cc2ccsc2)c1C(=O)N1CCOCC1. The number of morpholine rings is 1. The summed E-state index contributed by atoms with van der Waals surface area (Å²) >= 11 is 3.03. The number of thiophene rings is 2. The van der Waals surface area contributed by atoms with Crippen LogP contribution in [-0.2, 0) is 16.0 Å². The zero-order chi connectivity index (χ0) is 20.2. The van der Waals surface area contributed by atoms with Gasteiger partial charge in [-0.3, -0.25) is 9.59 Å². The summed E-state index contributed by atoms with van der Waals surface area (Å²) in [5.74, 6) is -0.157. The molecule has 1 fully saturated rings. The second-order valence-corrected chi connectivity index (χ2v) is 8.69. The Balaban J connectivity index is 1.67. The molecule has 0 aliphatic carbocycles. The summed E-state index contributed by atoms with van der Waals surface area (Å²) in [6.07, 6.45) is 0.298. The molecule has 0 radical (unpaired) electrons. The molecule has 4 rings (SSSR count). The fourth-order valence-corrected chi connectivity index (χ4v) is 5.29. The number of anilines is 1. The Morgan fingerprint density at radius 1 is 1.14 bits per heavy atom. The molecular formula is C22H22N2O3S2.